The van der Waals surface area contributed by atoms with Crippen LogP contribution < -0.4 is 5.32 Å². The second kappa shape index (κ2) is 10.1. The van der Waals surface area contributed by atoms with Crippen LogP contribution in [-0.2, 0) is 23.9 Å². The summed E-state index contributed by atoms with van der Waals surface area (Å²) in [5, 5.41) is 12.8. The summed E-state index contributed by atoms with van der Waals surface area (Å²) in [6.45, 7) is 2.01. The fourth-order valence-electron chi connectivity index (χ4n) is 3.42. The predicted octanol–water partition coefficient (Wildman–Crippen LogP) is 1.78. The van der Waals surface area contributed by atoms with Crippen LogP contribution in [0.1, 0.15) is 11.5 Å². The van der Waals surface area contributed by atoms with Crippen LogP contribution in [0.3, 0.4) is 0 Å². The molecule has 1 aromatic carbocycles. The van der Waals surface area contributed by atoms with E-state index in [1.165, 1.54) is 7.11 Å². The van der Waals surface area contributed by atoms with Gasteiger partial charge in [0.2, 0.25) is 11.8 Å². The third-order valence-electron chi connectivity index (χ3n) is 4.90. The Kier molecular flexibility index (Phi) is 7.53. The summed E-state index contributed by atoms with van der Waals surface area (Å²) in [6.07, 6.45) is 0. The number of halogens is 1. The van der Waals surface area contributed by atoms with E-state index >= 15 is 0 Å². The van der Waals surface area contributed by atoms with E-state index in [1.807, 2.05) is 6.07 Å². The Morgan fingerprint density at radius 1 is 1.40 bits per heavy atom. The van der Waals surface area contributed by atoms with E-state index in [0.29, 0.717) is 31.9 Å². The zero-order valence-electron chi connectivity index (χ0n) is 16.2. The number of thioether (sulfide) groups is 1. The predicted molar refractivity (Wildman–Crippen MR) is 113 cm³/mol. The van der Waals surface area contributed by atoms with Gasteiger partial charge in [-0.2, -0.15) is 5.26 Å². The molecule has 30 heavy (non-hydrogen) atoms. The van der Waals surface area contributed by atoms with Crippen molar-refractivity contribution in [3.05, 3.63) is 44.9 Å². The van der Waals surface area contributed by atoms with E-state index < -0.39 is 23.7 Å². The van der Waals surface area contributed by atoms with E-state index in [-0.39, 0.29) is 22.3 Å². The largest absolute Gasteiger partial charge is 0.468 e. The number of benzene rings is 1. The van der Waals surface area contributed by atoms with Crippen molar-refractivity contribution < 1.29 is 23.9 Å². The van der Waals surface area contributed by atoms with Gasteiger partial charge in [-0.3, -0.25) is 14.4 Å². The van der Waals surface area contributed by atoms with Gasteiger partial charge >= 0.3 is 5.97 Å². The van der Waals surface area contributed by atoms with Crippen LogP contribution in [0, 0.1) is 17.2 Å². The van der Waals surface area contributed by atoms with Crippen molar-refractivity contribution in [2.45, 2.75) is 5.92 Å². The molecule has 2 amide bonds. The number of nitrogens with zero attached hydrogens (tertiary/aromatic N) is 2. The van der Waals surface area contributed by atoms with Gasteiger partial charge in [0.15, 0.2) is 0 Å². The van der Waals surface area contributed by atoms with Crippen LogP contribution in [0.5, 0.6) is 0 Å². The summed E-state index contributed by atoms with van der Waals surface area (Å²) in [5.41, 5.74) is 0.853. The molecule has 2 atom stereocenters. The molecule has 1 saturated heterocycles. The number of nitriles is 1. The summed E-state index contributed by atoms with van der Waals surface area (Å²) in [5.74, 6) is -3.33. The fourth-order valence-corrected chi connectivity index (χ4v) is 4.79. The minimum atomic E-state index is -1.20. The molecule has 8 nitrogen and oxygen atoms in total. The first-order valence-corrected chi connectivity index (χ1v) is 11.0. The maximum Gasteiger partial charge on any atom is 0.319 e. The number of carbonyl (C=O) groups is 3. The first-order chi connectivity index (χ1) is 14.5. The van der Waals surface area contributed by atoms with Crippen molar-refractivity contribution >= 4 is 45.5 Å². The lowest BCUT2D eigenvalue weighted by Gasteiger charge is -2.31. The molecule has 1 fully saturated rings. The van der Waals surface area contributed by atoms with Gasteiger partial charge < -0.3 is 19.7 Å². The van der Waals surface area contributed by atoms with Gasteiger partial charge in [0.05, 0.1) is 42.7 Å². The molecule has 0 bridgehead atoms. The molecular formula is C20H20BrN3O5S. The number of hydrogen-bond acceptors (Lipinski definition) is 7. The second-order valence-electron chi connectivity index (χ2n) is 6.66. The van der Waals surface area contributed by atoms with Crippen molar-refractivity contribution in [2.24, 2.45) is 5.92 Å². The highest BCUT2D eigenvalue weighted by atomic mass is 79.9. The highest BCUT2D eigenvalue weighted by molar-refractivity contribution is 9.10. The topological polar surface area (TPSA) is 109 Å². The van der Waals surface area contributed by atoms with Gasteiger partial charge in [-0.15, -0.1) is 0 Å². The molecule has 1 N–H and O–H groups in total. The number of esters is 1. The second-order valence-corrected chi connectivity index (χ2v) is 8.56. The molecule has 0 spiro atoms. The Bertz CT molecular complexity index is 923. The smallest absolute Gasteiger partial charge is 0.319 e. The molecule has 0 unspecified atom stereocenters. The minimum absolute atomic E-state index is 0.0644. The van der Waals surface area contributed by atoms with E-state index in [9.17, 15) is 19.6 Å². The summed E-state index contributed by atoms with van der Waals surface area (Å²) < 4.78 is 10.8. The maximum absolute atomic E-state index is 12.8. The molecule has 0 aliphatic carbocycles. The first-order valence-electron chi connectivity index (χ1n) is 9.23. The number of ether oxygens (including phenoxy) is 2. The number of amides is 2. The van der Waals surface area contributed by atoms with Crippen LogP contribution in [0.4, 0.5) is 0 Å². The molecule has 0 saturated carbocycles. The van der Waals surface area contributed by atoms with Crippen molar-refractivity contribution in [3.63, 3.8) is 0 Å². The van der Waals surface area contributed by atoms with Crippen molar-refractivity contribution in [2.75, 3.05) is 39.2 Å². The summed E-state index contributed by atoms with van der Waals surface area (Å²) in [7, 11) is 1.20. The maximum atomic E-state index is 12.8. The Balaban J connectivity index is 1.92. The Hall–Kier alpha value is -2.35. The van der Waals surface area contributed by atoms with Gasteiger partial charge in [-0.25, -0.2) is 0 Å². The van der Waals surface area contributed by atoms with E-state index in [2.05, 4.69) is 27.3 Å². The summed E-state index contributed by atoms with van der Waals surface area (Å²) in [4.78, 5) is 39.3. The standard InChI is InChI=1S/C20H20BrN3O5S/c1-28-20(27)17-16(12-3-2-4-13(21)9-12)14(10-22)19(23-18(17)26)30-11-15(25)24-5-7-29-8-6-24/h2-4,9,16-17H,5-8,11H2,1H3,(H,23,26)/t16-,17+/m1/s1. The van der Waals surface area contributed by atoms with Gasteiger partial charge in [-0.1, -0.05) is 39.8 Å². The van der Waals surface area contributed by atoms with Gasteiger partial charge in [0, 0.05) is 23.5 Å². The Morgan fingerprint density at radius 3 is 2.77 bits per heavy atom. The first kappa shape index (κ1) is 22.3. The van der Waals surface area contributed by atoms with E-state index in [4.69, 9.17) is 9.47 Å². The lowest BCUT2D eigenvalue weighted by atomic mass is 9.78. The van der Waals surface area contributed by atoms with E-state index in [1.54, 1.807) is 23.1 Å². The number of methoxy groups -OCH3 is 1. The lowest BCUT2D eigenvalue weighted by Crippen LogP contribution is -2.45. The monoisotopic (exact) mass is 493 g/mol. The molecule has 10 heteroatoms. The van der Waals surface area contributed by atoms with Gasteiger partial charge in [0.25, 0.3) is 0 Å². The molecule has 2 aliphatic heterocycles. The minimum Gasteiger partial charge on any atom is -0.468 e. The third-order valence-corrected chi connectivity index (χ3v) is 6.39. The fraction of sp³-hybridized carbons (Fsp3) is 0.400. The van der Waals surface area contributed by atoms with Crippen LogP contribution in [0.25, 0.3) is 0 Å². The number of nitrogens with one attached hydrogen (secondary N) is 1. The van der Waals surface area contributed by atoms with E-state index in [0.717, 1.165) is 16.2 Å². The van der Waals surface area contributed by atoms with Crippen LogP contribution in [0.2, 0.25) is 0 Å². The Labute approximate surface area is 186 Å². The average Bonchev–Trinajstić information content (AvgIpc) is 2.76. The Morgan fingerprint density at radius 2 is 2.13 bits per heavy atom. The quantitative estimate of drug-likeness (QED) is 0.491. The number of allylic oxidation sites excluding steroid dienone is 1. The number of morpholine rings is 1. The van der Waals surface area contributed by atoms with Crippen molar-refractivity contribution in [1.82, 2.24) is 10.2 Å². The average molecular weight is 494 g/mol. The molecule has 0 radical (unpaired) electrons. The third kappa shape index (κ3) is 4.86. The SMILES string of the molecule is COC(=O)[C@@H]1C(=O)NC(SCC(=O)N2CCOCC2)=C(C#N)[C@H]1c1cccc(Br)c1. The van der Waals surface area contributed by atoms with Crippen LogP contribution >= 0.6 is 27.7 Å². The summed E-state index contributed by atoms with van der Waals surface area (Å²) >= 11 is 4.48. The van der Waals surface area contributed by atoms with Gasteiger partial charge in [0.1, 0.15) is 5.92 Å². The highest BCUT2D eigenvalue weighted by Gasteiger charge is 2.44. The van der Waals surface area contributed by atoms with Gasteiger partial charge in [-0.05, 0) is 17.7 Å². The number of carbonyl (C=O) groups excluding carboxylic acids is 3. The van der Waals surface area contributed by atoms with Crippen molar-refractivity contribution in [3.8, 4) is 6.07 Å². The lowest BCUT2D eigenvalue weighted by molar-refractivity contribution is -0.150. The number of rotatable bonds is 5. The summed E-state index contributed by atoms with van der Waals surface area (Å²) in [6, 6.07) is 9.22. The zero-order valence-corrected chi connectivity index (χ0v) is 18.6. The van der Waals surface area contributed by atoms with Crippen LogP contribution in [-0.4, -0.2) is 61.8 Å². The molecule has 2 heterocycles. The zero-order chi connectivity index (χ0) is 21.7. The molecule has 3 rings (SSSR count). The molecule has 1 aromatic rings. The highest BCUT2D eigenvalue weighted by Crippen LogP contribution is 2.40. The molecule has 0 aromatic heterocycles. The molecule has 158 valence electrons. The normalized spacial score (nSPS) is 21.6. The molecule has 2 aliphatic rings. The van der Waals surface area contributed by atoms with Crippen molar-refractivity contribution in [1.29, 1.82) is 5.26 Å². The van der Waals surface area contributed by atoms with Crippen LogP contribution in [0.15, 0.2) is 39.3 Å². The number of hydrogen-bond donors (Lipinski definition) is 1. The molecular weight excluding hydrogens is 474 g/mol.